The number of rotatable bonds is 5. The zero-order chi connectivity index (χ0) is 11.6. The predicted octanol–water partition coefficient (Wildman–Crippen LogP) is 1.08. The lowest BCUT2D eigenvalue weighted by Gasteiger charge is -2.13. The molecule has 1 atom stereocenters. The van der Waals surface area contributed by atoms with Gasteiger partial charge in [0.15, 0.2) is 0 Å². The van der Waals surface area contributed by atoms with Crippen LogP contribution in [0.15, 0.2) is 0 Å². The van der Waals surface area contributed by atoms with Crippen LogP contribution in [0.25, 0.3) is 0 Å². The second kappa shape index (κ2) is 10.5. The Balaban J connectivity index is 0. The van der Waals surface area contributed by atoms with Crippen molar-refractivity contribution in [3.05, 3.63) is 0 Å². The van der Waals surface area contributed by atoms with Gasteiger partial charge in [0.05, 0.1) is 0 Å². The van der Waals surface area contributed by atoms with Crippen LogP contribution in [0, 0.1) is 11.8 Å². The summed E-state index contributed by atoms with van der Waals surface area (Å²) in [6, 6.07) is 0. The second-order valence-electron chi connectivity index (χ2n) is 3.65. The van der Waals surface area contributed by atoms with Crippen molar-refractivity contribution in [2.75, 3.05) is 13.2 Å². The van der Waals surface area contributed by atoms with E-state index in [0.29, 0.717) is 12.5 Å². The van der Waals surface area contributed by atoms with Gasteiger partial charge in [0.1, 0.15) is 0 Å². The molecule has 0 aromatic rings. The first-order valence-electron chi connectivity index (χ1n) is 5.00. The summed E-state index contributed by atoms with van der Waals surface area (Å²) in [6.45, 7) is 6.56. The van der Waals surface area contributed by atoms with Crippen LogP contribution in [0.3, 0.4) is 0 Å². The van der Waals surface area contributed by atoms with E-state index in [4.69, 9.17) is 15.9 Å². The van der Waals surface area contributed by atoms with Crippen LogP contribution in [-0.2, 0) is 4.79 Å². The fourth-order valence-corrected chi connectivity index (χ4v) is 1.18. The first-order chi connectivity index (χ1) is 6.47. The summed E-state index contributed by atoms with van der Waals surface area (Å²) in [5.74, 6) is -0.0727. The molecule has 4 heteroatoms. The third kappa shape index (κ3) is 13.9. The summed E-state index contributed by atoms with van der Waals surface area (Å²) >= 11 is 0. The zero-order valence-corrected chi connectivity index (χ0v) is 9.36. The lowest BCUT2D eigenvalue weighted by Crippen LogP contribution is -2.19. The van der Waals surface area contributed by atoms with Gasteiger partial charge < -0.3 is 15.9 Å². The van der Waals surface area contributed by atoms with Crippen LogP contribution in [-0.4, -0.2) is 29.3 Å². The monoisotopic (exact) mass is 205 g/mol. The Morgan fingerprint density at radius 2 is 1.86 bits per heavy atom. The maximum atomic E-state index is 10.3. The van der Waals surface area contributed by atoms with Gasteiger partial charge in [0.25, 0.3) is 0 Å². The summed E-state index contributed by atoms with van der Waals surface area (Å²) in [5, 5.41) is 16.0. The minimum Gasteiger partial charge on any atom is -0.481 e. The zero-order valence-electron chi connectivity index (χ0n) is 9.36. The largest absolute Gasteiger partial charge is 0.481 e. The quantitative estimate of drug-likeness (QED) is 0.627. The molecule has 0 fully saturated rings. The number of carbonyl (C=O) groups is 1. The van der Waals surface area contributed by atoms with E-state index in [1.54, 1.807) is 6.92 Å². The Hall–Kier alpha value is -0.610. The molecule has 0 aliphatic heterocycles. The minimum absolute atomic E-state index is 0.146. The average Bonchev–Trinajstić information content (AvgIpc) is 2.02. The van der Waals surface area contributed by atoms with E-state index in [1.807, 2.05) is 0 Å². The van der Waals surface area contributed by atoms with Gasteiger partial charge in [-0.3, -0.25) is 4.79 Å². The number of hydrogen-bond acceptors (Lipinski definition) is 3. The van der Waals surface area contributed by atoms with Gasteiger partial charge in [-0.1, -0.05) is 13.8 Å². The van der Waals surface area contributed by atoms with Crippen molar-refractivity contribution in [2.24, 2.45) is 17.6 Å². The average molecular weight is 205 g/mol. The predicted molar refractivity (Wildman–Crippen MR) is 57.0 cm³/mol. The molecule has 0 saturated carbocycles. The Labute approximate surface area is 86.1 Å². The van der Waals surface area contributed by atoms with Crippen molar-refractivity contribution in [1.82, 2.24) is 0 Å². The Morgan fingerprint density at radius 3 is 2.07 bits per heavy atom. The van der Waals surface area contributed by atoms with Gasteiger partial charge in [-0.05, 0) is 31.7 Å². The van der Waals surface area contributed by atoms with Crippen LogP contribution in [0.1, 0.15) is 33.6 Å². The summed E-state index contributed by atoms with van der Waals surface area (Å²) < 4.78 is 0. The molecule has 4 N–H and O–H groups in total. The molecule has 14 heavy (non-hydrogen) atoms. The fraction of sp³-hybridized carbons (Fsp3) is 0.900. The van der Waals surface area contributed by atoms with E-state index < -0.39 is 5.97 Å². The molecule has 0 unspecified atom stereocenters. The van der Waals surface area contributed by atoms with Gasteiger partial charge in [-0.15, -0.1) is 0 Å². The summed E-state index contributed by atoms with van der Waals surface area (Å²) in [5.41, 5.74) is 5.41. The molecular formula is C10H23NO3. The highest BCUT2D eigenvalue weighted by atomic mass is 16.4. The molecule has 0 rings (SSSR count). The standard InChI is InChI=1S/C8H17NO2.C2H6O/c1-6(2)3-7(5-9)4-8(10)11;1-2-3/h6-7H,3-5,9H2,1-2H3,(H,10,11);3H,2H2,1H3/t7-;/m0./s1. The van der Waals surface area contributed by atoms with Crippen molar-refractivity contribution in [1.29, 1.82) is 0 Å². The van der Waals surface area contributed by atoms with Crippen LogP contribution in [0.4, 0.5) is 0 Å². The Kier molecular flexibility index (Phi) is 11.9. The summed E-state index contributed by atoms with van der Waals surface area (Å²) in [4.78, 5) is 10.3. The molecular weight excluding hydrogens is 182 g/mol. The molecule has 0 aromatic carbocycles. The topological polar surface area (TPSA) is 83.6 Å². The first kappa shape index (κ1) is 15.8. The van der Waals surface area contributed by atoms with E-state index in [2.05, 4.69) is 13.8 Å². The normalized spacial score (nSPS) is 11.9. The highest BCUT2D eigenvalue weighted by molar-refractivity contribution is 5.67. The van der Waals surface area contributed by atoms with Gasteiger partial charge in [-0.2, -0.15) is 0 Å². The van der Waals surface area contributed by atoms with Crippen LogP contribution < -0.4 is 5.73 Å². The molecule has 0 aliphatic carbocycles. The van der Waals surface area contributed by atoms with Crippen LogP contribution in [0.2, 0.25) is 0 Å². The van der Waals surface area contributed by atoms with E-state index in [0.717, 1.165) is 6.42 Å². The maximum absolute atomic E-state index is 10.3. The molecule has 0 aromatic heterocycles. The SMILES string of the molecule is CC(C)C[C@H](CN)CC(=O)O.CCO. The van der Waals surface area contributed by atoms with Gasteiger partial charge in [-0.25, -0.2) is 0 Å². The molecule has 0 spiro atoms. The molecule has 0 amide bonds. The summed E-state index contributed by atoms with van der Waals surface area (Å²) in [6.07, 6.45) is 1.11. The molecule has 0 aliphatic rings. The summed E-state index contributed by atoms with van der Waals surface area (Å²) in [7, 11) is 0. The molecule has 0 heterocycles. The fourth-order valence-electron chi connectivity index (χ4n) is 1.18. The van der Waals surface area contributed by atoms with Crippen molar-refractivity contribution < 1.29 is 15.0 Å². The molecule has 0 saturated heterocycles. The van der Waals surface area contributed by atoms with Gasteiger partial charge >= 0.3 is 5.97 Å². The molecule has 4 nitrogen and oxygen atoms in total. The third-order valence-electron chi connectivity index (χ3n) is 1.60. The number of carboxylic acid groups (broad SMARTS) is 1. The Morgan fingerprint density at radius 1 is 1.43 bits per heavy atom. The number of aliphatic hydroxyl groups excluding tert-OH is 1. The van der Waals surface area contributed by atoms with E-state index in [1.165, 1.54) is 0 Å². The molecule has 86 valence electrons. The van der Waals surface area contributed by atoms with Crippen molar-refractivity contribution in [3.8, 4) is 0 Å². The third-order valence-corrected chi connectivity index (χ3v) is 1.60. The second-order valence-corrected chi connectivity index (χ2v) is 3.65. The van der Waals surface area contributed by atoms with Crippen LogP contribution in [0.5, 0.6) is 0 Å². The first-order valence-corrected chi connectivity index (χ1v) is 5.00. The van der Waals surface area contributed by atoms with E-state index in [9.17, 15) is 4.79 Å². The van der Waals surface area contributed by atoms with Crippen molar-refractivity contribution >= 4 is 5.97 Å². The van der Waals surface area contributed by atoms with Gasteiger partial charge in [0, 0.05) is 13.0 Å². The number of aliphatic hydroxyl groups is 1. The maximum Gasteiger partial charge on any atom is 0.303 e. The lowest BCUT2D eigenvalue weighted by molar-refractivity contribution is -0.138. The Bertz CT molecular complexity index is 137. The van der Waals surface area contributed by atoms with Crippen molar-refractivity contribution in [3.63, 3.8) is 0 Å². The van der Waals surface area contributed by atoms with Crippen LogP contribution >= 0.6 is 0 Å². The van der Waals surface area contributed by atoms with E-state index >= 15 is 0 Å². The number of aliphatic carboxylic acids is 1. The lowest BCUT2D eigenvalue weighted by atomic mass is 9.94. The van der Waals surface area contributed by atoms with E-state index in [-0.39, 0.29) is 18.9 Å². The smallest absolute Gasteiger partial charge is 0.303 e. The highest BCUT2D eigenvalue weighted by Crippen LogP contribution is 2.13. The number of nitrogens with two attached hydrogens (primary N) is 1. The highest BCUT2D eigenvalue weighted by Gasteiger charge is 2.12. The van der Waals surface area contributed by atoms with Gasteiger partial charge in [0.2, 0.25) is 0 Å². The molecule has 0 radical (unpaired) electrons. The minimum atomic E-state index is -0.749. The van der Waals surface area contributed by atoms with Crippen molar-refractivity contribution in [2.45, 2.75) is 33.6 Å². The molecule has 0 bridgehead atoms. The number of carboxylic acids is 1. The number of hydrogen-bond donors (Lipinski definition) is 3.